The molecule has 0 radical (unpaired) electrons. The molecule has 0 fully saturated rings. The predicted octanol–water partition coefficient (Wildman–Crippen LogP) is 2.59. The molecule has 0 aliphatic heterocycles. The molecule has 1 nitrogen and oxygen atoms in total. The molecule has 1 aromatic heterocycles. The number of fused-ring (bicyclic) bond motifs is 1. The number of hydrogen-bond acceptors (Lipinski definition) is 0. The van der Waals surface area contributed by atoms with Gasteiger partial charge in [0.2, 0.25) is 0 Å². The maximum absolute atomic E-state index is 3.65. The Morgan fingerprint density at radius 2 is 1.71 bits per heavy atom. The fraction of sp³-hybridized carbons (Fsp3) is 0.263. The molecule has 1 N–H and O–H groups in total. The number of H-pyrrole nitrogens is 1. The summed E-state index contributed by atoms with van der Waals surface area (Å²) >= 11 is -0.821. The van der Waals surface area contributed by atoms with E-state index in [1.54, 1.807) is 3.28 Å². The van der Waals surface area contributed by atoms with Crippen molar-refractivity contribution < 1.29 is 23.2 Å². The van der Waals surface area contributed by atoms with E-state index >= 15 is 0 Å². The molecule has 1 aliphatic rings. The topological polar surface area (TPSA) is 15.8 Å². The van der Waals surface area contributed by atoms with Gasteiger partial charge in [-0.3, -0.25) is 0 Å². The summed E-state index contributed by atoms with van der Waals surface area (Å²) in [6.07, 6.45) is 2.37. The molecule has 1 aromatic carbocycles. The molecule has 2 heteroatoms. The Balaban J connectivity index is 2.19. The van der Waals surface area contributed by atoms with E-state index in [0.29, 0.717) is 0 Å². The Hall–Kier alpha value is -1.14. The summed E-state index contributed by atoms with van der Waals surface area (Å²) in [6, 6.07) is 8.83. The molecule has 106 valence electrons. The summed E-state index contributed by atoms with van der Waals surface area (Å²) in [4.78, 5) is 3.65. The Labute approximate surface area is 138 Å². The van der Waals surface area contributed by atoms with Gasteiger partial charge in [-0.05, 0) is 0 Å². The van der Waals surface area contributed by atoms with E-state index in [9.17, 15) is 0 Å². The summed E-state index contributed by atoms with van der Waals surface area (Å²) in [7, 11) is 0. The van der Waals surface area contributed by atoms with Gasteiger partial charge in [0.05, 0.1) is 0 Å². The standard InChI is InChI=1S/C12H11.C7H10N.Zr/c1-9(2)12-7-10-5-3-4-6-11(10)8-12;1-5-4-8-7(3)6(5)2;/h3-7H,1-2H3;8H,1-3H3;. The van der Waals surface area contributed by atoms with Crippen molar-refractivity contribution in [1.29, 1.82) is 0 Å². The first-order valence-electron chi connectivity index (χ1n) is 7.40. The second kappa shape index (κ2) is 5.57. The first-order chi connectivity index (χ1) is 9.99. The summed E-state index contributed by atoms with van der Waals surface area (Å²) in [5.74, 6) is 0. The Bertz CT molecular complexity index is 861. The van der Waals surface area contributed by atoms with Crippen LogP contribution >= 0.6 is 0 Å². The summed E-state index contributed by atoms with van der Waals surface area (Å²) < 4.78 is 3.14. The molecule has 0 saturated carbocycles. The van der Waals surface area contributed by atoms with Crippen molar-refractivity contribution in [3.05, 3.63) is 62.7 Å². The number of allylic oxidation sites excluding steroid dienone is 2. The third kappa shape index (κ3) is 2.55. The van der Waals surface area contributed by atoms with Crippen LogP contribution in [0, 0.1) is 20.8 Å². The monoisotopic (exact) mass is 353 g/mol. The minimum atomic E-state index is -0.821. The molecule has 1 heterocycles. The fourth-order valence-electron chi connectivity index (χ4n) is 2.85. The zero-order valence-electron chi connectivity index (χ0n) is 13.4. The second-order valence-electron chi connectivity index (χ2n) is 6.02. The molecule has 2 aromatic rings. The molecule has 0 amide bonds. The summed E-state index contributed by atoms with van der Waals surface area (Å²) in [6.45, 7) is 11.1. The van der Waals surface area contributed by atoms with Crippen LogP contribution in [0.1, 0.15) is 30.7 Å². The van der Waals surface area contributed by atoms with Gasteiger partial charge in [0.1, 0.15) is 0 Å². The van der Waals surface area contributed by atoms with E-state index in [1.807, 2.05) is 0 Å². The molecular weight excluding hydrogens is 333 g/mol. The van der Waals surface area contributed by atoms with E-state index in [1.165, 1.54) is 41.8 Å². The third-order valence-electron chi connectivity index (χ3n) is 4.40. The molecular formula is C19H21NZr. The molecule has 21 heavy (non-hydrogen) atoms. The van der Waals surface area contributed by atoms with Crippen molar-refractivity contribution in [2.24, 2.45) is 0 Å². The van der Waals surface area contributed by atoms with Gasteiger partial charge in [-0.2, -0.15) is 0 Å². The van der Waals surface area contributed by atoms with Gasteiger partial charge in [0, 0.05) is 0 Å². The van der Waals surface area contributed by atoms with Crippen LogP contribution in [0.5, 0.6) is 0 Å². The SMILES string of the molecule is CC(C)=C1C=c2ccccc2=[C]1[Zr][c]1[nH]c(C)c(C)c1C. The molecule has 0 saturated heterocycles. The van der Waals surface area contributed by atoms with Crippen LogP contribution in [0.4, 0.5) is 0 Å². The number of aromatic nitrogens is 1. The molecule has 0 atom stereocenters. The van der Waals surface area contributed by atoms with Gasteiger partial charge in [-0.1, -0.05) is 0 Å². The first-order valence-corrected chi connectivity index (χ1v) is 9.86. The van der Waals surface area contributed by atoms with Crippen LogP contribution in [-0.4, -0.2) is 4.98 Å². The number of nitrogens with one attached hydrogen (secondary N) is 1. The van der Waals surface area contributed by atoms with Crippen LogP contribution < -0.4 is 13.8 Å². The second-order valence-corrected chi connectivity index (χ2v) is 9.09. The van der Waals surface area contributed by atoms with Crippen LogP contribution in [0.15, 0.2) is 35.4 Å². The van der Waals surface area contributed by atoms with Gasteiger partial charge >= 0.3 is 138 Å². The Morgan fingerprint density at radius 1 is 1.00 bits per heavy atom. The normalized spacial score (nSPS) is 13.2. The van der Waals surface area contributed by atoms with Crippen molar-refractivity contribution in [3.8, 4) is 0 Å². The average molecular weight is 355 g/mol. The van der Waals surface area contributed by atoms with E-state index in [-0.39, 0.29) is 0 Å². The summed E-state index contributed by atoms with van der Waals surface area (Å²) in [5, 5.41) is 2.85. The number of benzene rings is 1. The van der Waals surface area contributed by atoms with Crippen molar-refractivity contribution in [1.82, 2.24) is 4.98 Å². The molecule has 1 aliphatic carbocycles. The van der Waals surface area contributed by atoms with Crippen molar-refractivity contribution in [2.75, 3.05) is 0 Å². The number of rotatable bonds is 2. The van der Waals surface area contributed by atoms with Gasteiger partial charge < -0.3 is 0 Å². The maximum atomic E-state index is 3.65. The average Bonchev–Trinajstić information content (AvgIpc) is 2.94. The van der Waals surface area contributed by atoms with Gasteiger partial charge in [-0.15, -0.1) is 0 Å². The van der Waals surface area contributed by atoms with Crippen molar-refractivity contribution >= 4 is 12.8 Å². The number of hydrogen-bond donors (Lipinski definition) is 1. The van der Waals surface area contributed by atoms with Gasteiger partial charge in [0.25, 0.3) is 0 Å². The summed E-state index contributed by atoms with van der Waals surface area (Å²) in [5.41, 5.74) is 7.15. The zero-order valence-corrected chi connectivity index (χ0v) is 15.8. The fourth-order valence-corrected chi connectivity index (χ4v) is 7.01. The zero-order chi connectivity index (χ0) is 15.1. The first kappa shape index (κ1) is 14.8. The third-order valence-corrected chi connectivity index (χ3v) is 8.18. The number of aromatic amines is 1. The predicted molar refractivity (Wildman–Crippen MR) is 86.6 cm³/mol. The van der Waals surface area contributed by atoms with Crippen molar-refractivity contribution in [2.45, 2.75) is 34.6 Å². The van der Waals surface area contributed by atoms with Crippen LogP contribution in [0.2, 0.25) is 0 Å². The van der Waals surface area contributed by atoms with E-state index in [2.05, 4.69) is 69.9 Å². The van der Waals surface area contributed by atoms with Gasteiger partial charge in [0.15, 0.2) is 0 Å². The van der Waals surface area contributed by atoms with E-state index < -0.39 is 23.2 Å². The minimum absolute atomic E-state index is 0.821. The quantitative estimate of drug-likeness (QED) is 0.853. The number of aryl methyl sites for hydroxylation is 1. The van der Waals surface area contributed by atoms with E-state index in [4.69, 9.17) is 0 Å². The molecule has 0 unspecified atom stereocenters. The molecule has 0 bridgehead atoms. The van der Waals surface area contributed by atoms with E-state index in [0.717, 1.165) is 0 Å². The Morgan fingerprint density at radius 3 is 2.33 bits per heavy atom. The Kier molecular flexibility index (Phi) is 3.92. The molecule has 3 rings (SSSR count). The van der Waals surface area contributed by atoms with Crippen LogP contribution in [0.25, 0.3) is 9.36 Å². The van der Waals surface area contributed by atoms with Gasteiger partial charge in [-0.25, -0.2) is 0 Å². The van der Waals surface area contributed by atoms with Crippen molar-refractivity contribution in [3.63, 3.8) is 0 Å². The van der Waals surface area contributed by atoms with Crippen LogP contribution in [-0.2, 0) is 23.2 Å². The van der Waals surface area contributed by atoms with Crippen LogP contribution in [0.3, 0.4) is 0 Å². The molecule has 0 spiro atoms.